The summed E-state index contributed by atoms with van der Waals surface area (Å²) in [6.45, 7) is 3.40. The van der Waals surface area contributed by atoms with Crippen LogP contribution in [0.2, 0.25) is 0 Å². The molecule has 4 rings (SSSR count). The van der Waals surface area contributed by atoms with Crippen molar-refractivity contribution in [3.8, 4) is 5.75 Å². The van der Waals surface area contributed by atoms with Gasteiger partial charge in [0.1, 0.15) is 18.2 Å². The van der Waals surface area contributed by atoms with E-state index in [1.807, 2.05) is 77.7 Å². The second-order valence-corrected chi connectivity index (χ2v) is 6.89. The third-order valence-corrected chi connectivity index (χ3v) is 4.89. The molecule has 2 aromatic carbocycles. The van der Waals surface area contributed by atoms with Crippen LogP contribution in [0.15, 0.2) is 79.0 Å². The number of nitrogens with one attached hydrogen (secondary N) is 1. The Kier molecular flexibility index (Phi) is 5.90. The molecule has 6 nitrogen and oxygen atoms in total. The van der Waals surface area contributed by atoms with Crippen LogP contribution in [0, 0.1) is 0 Å². The van der Waals surface area contributed by atoms with Gasteiger partial charge in [-0.3, -0.25) is 0 Å². The van der Waals surface area contributed by atoms with Crippen LogP contribution in [-0.2, 0) is 6.61 Å². The van der Waals surface area contributed by atoms with Crippen molar-refractivity contribution in [3.05, 3.63) is 84.6 Å². The topological polar surface area (TPSA) is 57.7 Å². The minimum Gasteiger partial charge on any atom is -0.489 e. The molecule has 6 heteroatoms. The van der Waals surface area contributed by atoms with Crippen LogP contribution in [0.3, 0.4) is 0 Å². The van der Waals surface area contributed by atoms with E-state index in [1.165, 1.54) is 0 Å². The van der Waals surface area contributed by atoms with Crippen molar-refractivity contribution in [1.29, 1.82) is 0 Å². The molecule has 3 aromatic rings. The Morgan fingerprint density at radius 3 is 2.31 bits per heavy atom. The highest BCUT2D eigenvalue weighted by atomic mass is 16.5. The van der Waals surface area contributed by atoms with Crippen LogP contribution in [0.4, 0.5) is 16.3 Å². The molecule has 0 aliphatic carbocycles. The fourth-order valence-corrected chi connectivity index (χ4v) is 3.26. The Morgan fingerprint density at radius 1 is 0.897 bits per heavy atom. The number of benzene rings is 2. The number of piperazine rings is 1. The van der Waals surface area contributed by atoms with Crippen LogP contribution >= 0.6 is 0 Å². The van der Waals surface area contributed by atoms with Crippen LogP contribution in [0.5, 0.6) is 5.75 Å². The van der Waals surface area contributed by atoms with E-state index in [-0.39, 0.29) is 6.03 Å². The molecule has 148 valence electrons. The molecular formula is C23H24N4O2. The van der Waals surface area contributed by atoms with Crippen molar-refractivity contribution in [3.63, 3.8) is 0 Å². The molecule has 2 amide bonds. The van der Waals surface area contributed by atoms with Gasteiger partial charge < -0.3 is 19.9 Å². The van der Waals surface area contributed by atoms with E-state index in [2.05, 4.69) is 15.2 Å². The molecule has 1 N–H and O–H groups in total. The van der Waals surface area contributed by atoms with E-state index in [0.29, 0.717) is 19.7 Å². The van der Waals surface area contributed by atoms with Crippen molar-refractivity contribution in [2.75, 3.05) is 36.4 Å². The normalized spacial score (nSPS) is 13.8. The summed E-state index contributed by atoms with van der Waals surface area (Å²) in [6.07, 6.45) is 1.79. The van der Waals surface area contributed by atoms with Gasteiger partial charge in [-0.15, -0.1) is 0 Å². The predicted octanol–water partition coefficient (Wildman–Crippen LogP) is 4.01. The SMILES string of the molecule is O=C(Nc1ccc(OCc2ccccc2)cc1)N1CCN(c2ccccn2)CC1. The second kappa shape index (κ2) is 9.10. The molecule has 2 heterocycles. The molecular weight excluding hydrogens is 364 g/mol. The van der Waals surface area contributed by atoms with Gasteiger partial charge in [-0.05, 0) is 42.0 Å². The van der Waals surface area contributed by atoms with Crippen molar-refractivity contribution < 1.29 is 9.53 Å². The number of hydrogen-bond acceptors (Lipinski definition) is 4. The number of amides is 2. The highest BCUT2D eigenvalue weighted by Crippen LogP contribution is 2.18. The average molecular weight is 388 g/mol. The Hall–Kier alpha value is -3.54. The Bertz CT molecular complexity index is 909. The van der Waals surface area contributed by atoms with Gasteiger partial charge in [-0.1, -0.05) is 36.4 Å². The molecule has 1 aliphatic heterocycles. The first kappa shape index (κ1) is 18.8. The monoisotopic (exact) mass is 388 g/mol. The van der Waals surface area contributed by atoms with Crippen LogP contribution < -0.4 is 15.0 Å². The fraction of sp³-hybridized carbons (Fsp3) is 0.217. The summed E-state index contributed by atoms with van der Waals surface area (Å²) in [4.78, 5) is 21.0. The minimum absolute atomic E-state index is 0.0800. The van der Waals surface area contributed by atoms with E-state index in [9.17, 15) is 4.79 Å². The lowest BCUT2D eigenvalue weighted by Gasteiger charge is -2.35. The summed E-state index contributed by atoms with van der Waals surface area (Å²) in [5.74, 6) is 1.73. The summed E-state index contributed by atoms with van der Waals surface area (Å²) >= 11 is 0. The zero-order chi connectivity index (χ0) is 19.9. The van der Waals surface area contributed by atoms with E-state index in [1.54, 1.807) is 6.20 Å². The van der Waals surface area contributed by atoms with Gasteiger partial charge in [-0.25, -0.2) is 9.78 Å². The van der Waals surface area contributed by atoms with Gasteiger partial charge in [0.05, 0.1) is 0 Å². The maximum Gasteiger partial charge on any atom is 0.321 e. The largest absolute Gasteiger partial charge is 0.489 e. The third-order valence-electron chi connectivity index (χ3n) is 4.89. The predicted molar refractivity (Wildman–Crippen MR) is 114 cm³/mol. The fourth-order valence-electron chi connectivity index (χ4n) is 3.26. The highest BCUT2D eigenvalue weighted by molar-refractivity contribution is 5.89. The molecule has 0 atom stereocenters. The molecule has 1 aliphatic rings. The molecule has 1 saturated heterocycles. The molecule has 0 unspecified atom stereocenters. The highest BCUT2D eigenvalue weighted by Gasteiger charge is 2.21. The van der Waals surface area contributed by atoms with Gasteiger partial charge in [-0.2, -0.15) is 0 Å². The number of anilines is 2. The van der Waals surface area contributed by atoms with Crippen LogP contribution in [0.25, 0.3) is 0 Å². The number of urea groups is 1. The second-order valence-electron chi connectivity index (χ2n) is 6.89. The number of nitrogens with zero attached hydrogens (tertiary/aromatic N) is 3. The molecule has 1 aromatic heterocycles. The molecule has 0 bridgehead atoms. The summed E-state index contributed by atoms with van der Waals surface area (Å²) in [5, 5.41) is 2.96. The minimum atomic E-state index is -0.0800. The number of hydrogen-bond donors (Lipinski definition) is 1. The van der Waals surface area contributed by atoms with E-state index in [4.69, 9.17) is 4.74 Å². The van der Waals surface area contributed by atoms with Crippen LogP contribution in [-0.4, -0.2) is 42.1 Å². The van der Waals surface area contributed by atoms with E-state index < -0.39 is 0 Å². The smallest absolute Gasteiger partial charge is 0.321 e. The third kappa shape index (κ3) is 5.04. The van der Waals surface area contributed by atoms with Gasteiger partial charge in [0.15, 0.2) is 0 Å². The summed E-state index contributed by atoms with van der Waals surface area (Å²) in [5.41, 5.74) is 1.88. The number of pyridine rings is 1. The quantitative estimate of drug-likeness (QED) is 0.717. The zero-order valence-electron chi connectivity index (χ0n) is 16.2. The Labute approximate surface area is 170 Å². The number of ether oxygens (including phenoxy) is 1. The first-order valence-electron chi connectivity index (χ1n) is 9.77. The maximum atomic E-state index is 12.6. The van der Waals surface area contributed by atoms with Crippen molar-refractivity contribution in [1.82, 2.24) is 9.88 Å². The van der Waals surface area contributed by atoms with E-state index in [0.717, 1.165) is 35.9 Å². The number of carbonyl (C=O) groups excluding carboxylic acids is 1. The lowest BCUT2D eigenvalue weighted by Crippen LogP contribution is -2.50. The average Bonchev–Trinajstić information content (AvgIpc) is 2.80. The summed E-state index contributed by atoms with van der Waals surface area (Å²) < 4.78 is 5.79. The maximum absolute atomic E-state index is 12.6. The lowest BCUT2D eigenvalue weighted by molar-refractivity contribution is 0.208. The molecule has 0 saturated carbocycles. The van der Waals surface area contributed by atoms with Crippen LogP contribution in [0.1, 0.15) is 5.56 Å². The van der Waals surface area contributed by atoms with Gasteiger partial charge in [0.2, 0.25) is 0 Å². The molecule has 0 radical (unpaired) electrons. The number of carbonyl (C=O) groups is 1. The summed E-state index contributed by atoms with van der Waals surface area (Å²) in [6, 6.07) is 23.3. The standard InChI is InChI=1S/C23H24N4O2/c28-23(27-16-14-26(15-17-27)22-8-4-5-13-24-22)25-20-9-11-21(12-10-20)29-18-19-6-2-1-3-7-19/h1-13H,14-18H2,(H,25,28). The first-order valence-corrected chi connectivity index (χ1v) is 9.77. The van der Waals surface area contributed by atoms with Crippen molar-refractivity contribution in [2.45, 2.75) is 6.61 Å². The van der Waals surface area contributed by atoms with Gasteiger partial charge in [0.25, 0.3) is 0 Å². The molecule has 29 heavy (non-hydrogen) atoms. The number of rotatable bonds is 5. The van der Waals surface area contributed by atoms with Gasteiger partial charge >= 0.3 is 6.03 Å². The molecule has 0 spiro atoms. The Balaban J connectivity index is 1.25. The van der Waals surface area contributed by atoms with Crippen molar-refractivity contribution in [2.24, 2.45) is 0 Å². The summed E-state index contributed by atoms with van der Waals surface area (Å²) in [7, 11) is 0. The zero-order valence-corrected chi connectivity index (χ0v) is 16.2. The number of aromatic nitrogens is 1. The first-order chi connectivity index (χ1) is 14.3. The van der Waals surface area contributed by atoms with Gasteiger partial charge in [0, 0.05) is 38.1 Å². The van der Waals surface area contributed by atoms with E-state index >= 15 is 0 Å². The Morgan fingerprint density at radius 2 is 1.62 bits per heavy atom. The van der Waals surface area contributed by atoms with Crippen molar-refractivity contribution >= 4 is 17.5 Å². The molecule has 1 fully saturated rings. The lowest BCUT2D eigenvalue weighted by atomic mass is 10.2.